The summed E-state index contributed by atoms with van der Waals surface area (Å²) in [4.78, 5) is 15.8. The van der Waals surface area contributed by atoms with Crippen molar-refractivity contribution in [3.8, 4) is 11.5 Å². The number of amides is 1. The van der Waals surface area contributed by atoms with Crippen molar-refractivity contribution in [3.63, 3.8) is 0 Å². The number of carbonyl (C=O) groups excluding carboxylic acids is 1. The second-order valence-corrected chi connectivity index (χ2v) is 8.67. The van der Waals surface area contributed by atoms with Crippen LogP contribution < -0.4 is 4.74 Å². The van der Waals surface area contributed by atoms with E-state index in [4.69, 9.17) is 17.0 Å². The number of thioether (sulfide) groups is 1. The minimum absolute atomic E-state index is 0.0713. The van der Waals surface area contributed by atoms with Gasteiger partial charge in [0.05, 0.1) is 10.9 Å². The molecule has 3 aromatic rings. The van der Waals surface area contributed by atoms with Crippen molar-refractivity contribution in [2.45, 2.75) is 13.0 Å². The molecule has 3 nitrogen and oxygen atoms in total. The average molecular weight is 416 g/mol. The Morgan fingerprint density at radius 1 is 0.966 bits per heavy atom. The molecule has 2 heterocycles. The first-order valence-electron chi connectivity index (χ1n) is 9.32. The first kappa shape index (κ1) is 18.2. The largest absolute Gasteiger partial charge is 0.456 e. The van der Waals surface area contributed by atoms with Gasteiger partial charge in [-0.15, -0.1) is 0 Å². The summed E-state index contributed by atoms with van der Waals surface area (Å²) in [6.45, 7) is 2.02. The first-order chi connectivity index (χ1) is 14.1. The molecule has 1 saturated heterocycles. The van der Waals surface area contributed by atoms with E-state index >= 15 is 0 Å². The zero-order chi connectivity index (χ0) is 20.0. The van der Waals surface area contributed by atoms with Crippen LogP contribution in [0.25, 0.3) is 6.08 Å². The summed E-state index contributed by atoms with van der Waals surface area (Å²) in [6, 6.07) is 23.4. The SMILES string of the molecule is Cc1cccc2c1Oc1ccccc1C2N1C(=O)/C(=C/c2ccccc2)SC1=S. The number of thiocarbonyl (C=S) groups is 1. The van der Waals surface area contributed by atoms with Crippen LogP contribution in [0.5, 0.6) is 11.5 Å². The van der Waals surface area contributed by atoms with Gasteiger partial charge >= 0.3 is 0 Å². The van der Waals surface area contributed by atoms with Crippen molar-refractivity contribution < 1.29 is 9.53 Å². The maximum atomic E-state index is 13.4. The maximum absolute atomic E-state index is 13.4. The quantitative estimate of drug-likeness (QED) is 0.374. The first-order valence-corrected chi connectivity index (χ1v) is 10.5. The van der Waals surface area contributed by atoms with Crippen molar-refractivity contribution in [1.29, 1.82) is 0 Å². The Balaban J connectivity index is 1.63. The molecule has 0 saturated carbocycles. The van der Waals surface area contributed by atoms with Crippen molar-refractivity contribution in [3.05, 3.63) is 100.0 Å². The predicted molar refractivity (Wildman–Crippen MR) is 121 cm³/mol. The molecule has 5 heteroatoms. The Morgan fingerprint density at radius 2 is 1.69 bits per heavy atom. The summed E-state index contributed by atoms with van der Waals surface area (Å²) in [5.74, 6) is 1.50. The number of rotatable bonds is 2. The zero-order valence-corrected chi connectivity index (χ0v) is 17.3. The number of ether oxygens (including phenoxy) is 1. The van der Waals surface area contributed by atoms with E-state index in [1.807, 2.05) is 85.8 Å². The minimum Gasteiger partial charge on any atom is -0.456 e. The standard InChI is InChI=1S/C24H17NO2S2/c1-15-8-7-12-18-21(17-11-5-6-13-19(17)27-22(15)18)25-23(26)20(29-24(25)28)14-16-9-3-2-4-10-16/h2-14,21H,1H3/b20-14-. The number of nitrogens with zero attached hydrogens (tertiary/aromatic N) is 1. The highest BCUT2D eigenvalue weighted by molar-refractivity contribution is 8.26. The molecular weight excluding hydrogens is 398 g/mol. The Labute approximate surface area is 179 Å². The van der Waals surface area contributed by atoms with Gasteiger partial charge in [0, 0.05) is 11.1 Å². The maximum Gasteiger partial charge on any atom is 0.267 e. The van der Waals surface area contributed by atoms with Gasteiger partial charge in [-0.25, -0.2) is 0 Å². The molecule has 2 aliphatic rings. The number of benzene rings is 3. The van der Waals surface area contributed by atoms with E-state index in [0.717, 1.165) is 33.8 Å². The van der Waals surface area contributed by atoms with Crippen LogP contribution in [0.1, 0.15) is 28.3 Å². The number of hydrogen-bond donors (Lipinski definition) is 0. The zero-order valence-electron chi connectivity index (χ0n) is 15.7. The molecular formula is C24H17NO2S2. The Bertz CT molecular complexity index is 1170. The van der Waals surface area contributed by atoms with Crippen LogP contribution in [0.2, 0.25) is 0 Å². The molecule has 142 valence electrons. The lowest BCUT2D eigenvalue weighted by Crippen LogP contribution is -2.35. The normalized spacial score (nSPS) is 19.1. The number of fused-ring (bicyclic) bond motifs is 2. The summed E-state index contributed by atoms with van der Waals surface area (Å²) in [5.41, 5.74) is 3.92. The van der Waals surface area contributed by atoms with Crippen LogP contribution in [0.3, 0.4) is 0 Å². The van der Waals surface area contributed by atoms with Crippen LogP contribution in [0.15, 0.2) is 77.7 Å². The molecule has 2 aliphatic heterocycles. The summed E-state index contributed by atoms with van der Waals surface area (Å²) < 4.78 is 6.75. The molecule has 0 bridgehead atoms. The van der Waals surface area contributed by atoms with Gasteiger partial charge in [-0.1, -0.05) is 90.7 Å². The van der Waals surface area contributed by atoms with Crippen LogP contribution in [-0.2, 0) is 4.79 Å². The molecule has 5 rings (SSSR count). The highest BCUT2D eigenvalue weighted by Crippen LogP contribution is 2.50. The number of aryl methyl sites for hydroxylation is 1. The highest BCUT2D eigenvalue weighted by Gasteiger charge is 2.42. The summed E-state index contributed by atoms with van der Waals surface area (Å²) >= 11 is 7.02. The van der Waals surface area contributed by atoms with Crippen LogP contribution >= 0.6 is 24.0 Å². The van der Waals surface area contributed by atoms with Crippen LogP contribution in [-0.4, -0.2) is 15.1 Å². The third kappa shape index (κ3) is 3.07. The Morgan fingerprint density at radius 3 is 2.52 bits per heavy atom. The van der Waals surface area contributed by atoms with Gasteiger partial charge < -0.3 is 4.74 Å². The molecule has 3 aromatic carbocycles. The fourth-order valence-electron chi connectivity index (χ4n) is 3.79. The molecule has 1 unspecified atom stereocenters. The molecule has 0 aliphatic carbocycles. The van der Waals surface area contributed by atoms with Crippen LogP contribution in [0.4, 0.5) is 0 Å². The third-order valence-corrected chi connectivity index (χ3v) is 6.47. The lowest BCUT2D eigenvalue weighted by Gasteiger charge is -2.34. The summed E-state index contributed by atoms with van der Waals surface area (Å²) in [5, 5.41) is 0. The summed E-state index contributed by atoms with van der Waals surface area (Å²) in [6.07, 6.45) is 1.90. The molecule has 0 radical (unpaired) electrons. The molecule has 29 heavy (non-hydrogen) atoms. The van der Waals surface area contributed by atoms with Gasteiger partial charge in [0.15, 0.2) is 0 Å². The van der Waals surface area contributed by atoms with E-state index in [-0.39, 0.29) is 11.9 Å². The fraction of sp³-hybridized carbons (Fsp3) is 0.0833. The second kappa shape index (κ2) is 7.17. The van der Waals surface area contributed by atoms with Gasteiger partial charge in [-0.05, 0) is 30.2 Å². The number of para-hydroxylation sites is 2. The average Bonchev–Trinajstić information content (AvgIpc) is 3.01. The predicted octanol–water partition coefficient (Wildman–Crippen LogP) is 6.09. The van der Waals surface area contributed by atoms with E-state index in [1.54, 1.807) is 4.90 Å². The highest BCUT2D eigenvalue weighted by atomic mass is 32.2. The number of carbonyl (C=O) groups is 1. The van der Waals surface area contributed by atoms with Crippen molar-refractivity contribution >= 4 is 40.3 Å². The van der Waals surface area contributed by atoms with E-state index in [1.165, 1.54) is 11.8 Å². The van der Waals surface area contributed by atoms with E-state index in [0.29, 0.717) is 9.23 Å². The van der Waals surface area contributed by atoms with Crippen LogP contribution in [0, 0.1) is 6.92 Å². The Kier molecular flexibility index (Phi) is 4.49. The van der Waals surface area contributed by atoms with Crippen molar-refractivity contribution in [2.75, 3.05) is 0 Å². The fourth-order valence-corrected chi connectivity index (χ4v) is 5.10. The lowest BCUT2D eigenvalue weighted by molar-refractivity contribution is -0.123. The van der Waals surface area contributed by atoms with Crippen molar-refractivity contribution in [1.82, 2.24) is 4.90 Å². The molecule has 0 N–H and O–H groups in total. The third-order valence-electron chi connectivity index (χ3n) is 5.14. The Hall–Kier alpha value is -2.89. The van der Waals surface area contributed by atoms with E-state index in [9.17, 15) is 4.79 Å². The smallest absolute Gasteiger partial charge is 0.267 e. The molecule has 0 aromatic heterocycles. The second-order valence-electron chi connectivity index (χ2n) is 7.00. The van der Waals surface area contributed by atoms with Gasteiger partial charge in [0.2, 0.25) is 0 Å². The molecule has 1 atom stereocenters. The topological polar surface area (TPSA) is 29.5 Å². The van der Waals surface area contributed by atoms with Gasteiger partial charge in [0.25, 0.3) is 5.91 Å². The molecule has 1 fully saturated rings. The molecule has 1 amide bonds. The van der Waals surface area contributed by atoms with Gasteiger partial charge in [-0.3, -0.25) is 9.69 Å². The number of hydrogen-bond acceptors (Lipinski definition) is 4. The van der Waals surface area contributed by atoms with Gasteiger partial charge in [-0.2, -0.15) is 0 Å². The molecule has 0 spiro atoms. The van der Waals surface area contributed by atoms with Gasteiger partial charge in [0.1, 0.15) is 15.8 Å². The van der Waals surface area contributed by atoms with Crippen molar-refractivity contribution in [2.24, 2.45) is 0 Å². The van der Waals surface area contributed by atoms with E-state index in [2.05, 4.69) is 0 Å². The monoisotopic (exact) mass is 415 g/mol. The van der Waals surface area contributed by atoms with E-state index < -0.39 is 0 Å². The summed E-state index contributed by atoms with van der Waals surface area (Å²) in [7, 11) is 0. The minimum atomic E-state index is -0.302. The lowest BCUT2D eigenvalue weighted by atomic mass is 9.92.